The van der Waals surface area contributed by atoms with Gasteiger partial charge in [-0.15, -0.1) is 5.10 Å². The number of methoxy groups -OCH3 is 3. The SMILES string of the molecule is COc1cccc(-n2cc(C(=O)N3CCc4cc(OC)c(OC)cc4C3C3CC3)nn2)c1. The van der Waals surface area contributed by atoms with Crippen molar-refractivity contribution >= 4 is 5.91 Å². The molecule has 0 bridgehead atoms. The van der Waals surface area contributed by atoms with E-state index in [4.69, 9.17) is 14.2 Å². The number of hydrogen-bond acceptors (Lipinski definition) is 6. The van der Waals surface area contributed by atoms with Crippen LogP contribution in [0.1, 0.15) is 40.5 Å². The van der Waals surface area contributed by atoms with E-state index in [0.717, 1.165) is 42.0 Å². The molecular weight excluding hydrogens is 408 g/mol. The standard InChI is InChI=1S/C24H26N4O4/c1-30-18-6-4-5-17(12-18)28-14-20(25-26-28)24(29)27-10-9-16-11-21(31-2)22(32-3)13-19(16)23(27)15-7-8-15/h4-6,11-15,23H,7-10H2,1-3H3. The van der Waals surface area contributed by atoms with E-state index in [2.05, 4.69) is 10.3 Å². The quantitative estimate of drug-likeness (QED) is 0.591. The topological polar surface area (TPSA) is 78.7 Å². The molecular formula is C24H26N4O4. The van der Waals surface area contributed by atoms with E-state index in [1.165, 1.54) is 5.56 Å². The number of carbonyl (C=O) groups excluding carboxylic acids is 1. The number of aromatic nitrogens is 3. The van der Waals surface area contributed by atoms with Crippen molar-refractivity contribution in [2.45, 2.75) is 25.3 Å². The molecule has 8 nitrogen and oxygen atoms in total. The number of ether oxygens (including phenoxy) is 3. The van der Waals surface area contributed by atoms with Crippen molar-refractivity contribution in [3.63, 3.8) is 0 Å². The van der Waals surface area contributed by atoms with E-state index in [9.17, 15) is 4.79 Å². The predicted molar refractivity (Wildman–Crippen MR) is 118 cm³/mol. The number of benzene rings is 2. The van der Waals surface area contributed by atoms with Crippen LogP contribution >= 0.6 is 0 Å². The van der Waals surface area contributed by atoms with Gasteiger partial charge in [0.05, 0.1) is 39.3 Å². The monoisotopic (exact) mass is 434 g/mol. The summed E-state index contributed by atoms with van der Waals surface area (Å²) in [6.45, 7) is 0.633. The van der Waals surface area contributed by atoms with Gasteiger partial charge in [0.15, 0.2) is 17.2 Å². The van der Waals surface area contributed by atoms with Crippen LogP contribution in [0.4, 0.5) is 0 Å². The summed E-state index contributed by atoms with van der Waals surface area (Å²) in [5.41, 5.74) is 3.48. The van der Waals surface area contributed by atoms with Gasteiger partial charge in [0, 0.05) is 12.6 Å². The zero-order valence-electron chi connectivity index (χ0n) is 18.4. The second-order valence-electron chi connectivity index (χ2n) is 8.19. The van der Waals surface area contributed by atoms with Gasteiger partial charge in [-0.2, -0.15) is 0 Å². The minimum Gasteiger partial charge on any atom is -0.497 e. The molecule has 0 N–H and O–H groups in total. The molecule has 1 atom stereocenters. The summed E-state index contributed by atoms with van der Waals surface area (Å²) in [6, 6.07) is 11.6. The molecule has 1 fully saturated rings. The van der Waals surface area contributed by atoms with Gasteiger partial charge < -0.3 is 19.1 Å². The fraction of sp³-hybridized carbons (Fsp3) is 0.375. The summed E-state index contributed by atoms with van der Waals surface area (Å²) in [7, 11) is 4.90. The Hall–Kier alpha value is -3.55. The third-order valence-corrected chi connectivity index (χ3v) is 6.28. The maximum atomic E-state index is 13.5. The average Bonchev–Trinajstić information content (AvgIpc) is 3.56. The van der Waals surface area contributed by atoms with Crippen LogP contribution in [-0.4, -0.2) is 53.7 Å². The average molecular weight is 434 g/mol. The van der Waals surface area contributed by atoms with Crippen LogP contribution in [0.15, 0.2) is 42.6 Å². The highest BCUT2D eigenvalue weighted by atomic mass is 16.5. The van der Waals surface area contributed by atoms with Crippen LogP contribution in [-0.2, 0) is 6.42 Å². The Morgan fingerprint density at radius 2 is 1.81 bits per heavy atom. The normalized spacial score (nSPS) is 17.6. The lowest BCUT2D eigenvalue weighted by atomic mass is 9.89. The second kappa shape index (κ2) is 8.18. The molecule has 3 aromatic rings. The number of hydrogen-bond donors (Lipinski definition) is 0. The van der Waals surface area contributed by atoms with Gasteiger partial charge in [0.2, 0.25) is 0 Å². The minimum absolute atomic E-state index is 0.00743. The van der Waals surface area contributed by atoms with Crippen LogP contribution in [0.2, 0.25) is 0 Å². The highest BCUT2D eigenvalue weighted by Gasteiger charge is 2.42. The Bertz CT molecular complexity index is 1150. The van der Waals surface area contributed by atoms with Crippen LogP contribution in [0, 0.1) is 5.92 Å². The van der Waals surface area contributed by atoms with Gasteiger partial charge in [0.25, 0.3) is 5.91 Å². The lowest BCUT2D eigenvalue weighted by Crippen LogP contribution is -2.41. The molecule has 2 heterocycles. The maximum Gasteiger partial charge on any atom is 0.276 e. The molecule has 0 saturated heterocycles. The molecule has 1 aliphatic carbocycles. The molecule has 1 unspecified atom stereocenters. The van der Waals surface area contributed by atoms with E-state index in [-0.39, 0.29) is 11.9 Å². The lowest BCUT2D eigenvalue weighted by molar-refractivity contribution is 0.0628. The molecule has 1 saturated carbocycles. The molecule has 1 aliphatic heterocycles. The van der Waals surface area contributed by atoms with E-state index in [1.54, 1.807) is 32.2 Å². The van der Waals surface area contributed by atoms with Gasteiger partial charge >= 0.3 is 0 Å². The van der Waals surface area contributed by atoms with Gasteiger partial charge in [-0.25, -0.2) is 4.68 Å². The Balaban J connectivity index is 1.46. The Labute approximate surface area is 186 Å². The molecule has 2 aromatic carbocycles. The zero-order chi connectivity index (χ0) is 22.2. The summed E-state index contributed by atoms with van der Waals surface area (Å²) in [5.74, 6) is 2.48. The van der Waals surface area contributed by atoms with Crippen molar-refractivity contribution < 1.29 is 19.0 Å². The minimum atomic E-state index is -0.100. The second-order valence-corrected chi connectivity index (χ2v) is 8.19. The third kappa shape index (κ3) is 3.55. The number of rotatable bonds is 6. The van der Waals surface area contributed by atoms with Crippen molar-refractivity contribution in [3.05, 3.63) is 59.4 Å². The smallest absolute Gasteiger partial charge is 0.276 e. The fourth-order valence-electron chi connectivity index (χ4n) is 4.51. The zero-order valence-corrected chi connectivity index (χ0v) is 18.4. The summed E-state index contributed by atoms with van der Waals surface area (Å²) in [4.78, 5) is 15.5. The van der Waals surface area contributed by atoms with Crippen molar-refractivity contribution in [2.24, 2.45) is 5.92 Å². The van der Waals surface area contributed by atoms with E-state index in [1.807, 2.05) is 41.3 Å². The number of fused-ring (bicyclic) bond motifs is 1. The first kappa shape index (κ1) is 20.4. The Kier molecular flexibility index (Phi) is 5.20. The van der Waals surface area contributed by atoms with Gasteiger partial charge in [-0.3, -0.25) is 4.79 Å². The molecule has 8 heteroatoms. The molecule has 166 valence electrons. The number of amides is 1. The van der Waals surface area contributed by atoms with E-state index in [0.29, 0.717) is 23.9 Å². The van der Waals surface area contributed by atoms with Gasteiger partial charge in [0.1, 0.15) is 5.75 Å². The predicted octanol–water partition coefficient (Wildman–Crippen LogP) is 3.44. The van der Waals surface area contributed by atoms with Crippen molar-refractivity contribution in [2.75, 3.05) is 27.9 Å². The van der Waals surface area contributed by atoms with Gasteiger partial charge in [-0.05, 0) is 60.6 Å². The number of carbonyl (C=O) groups is 1. The van der Waals surface area contributed by atoms with Crippen LogP contribution in [0.3, 0.4) is 0 Å². The van der Waals surface area contributed by atoms with Crippen molar-refractivity contribution in [3.8, 4) is 22.9 Å². The first-order valence-corrected chi connectivity index (χ1v) is 10.8. The first-order valence-electron chi connectivity index (χ1n) is 10.8. The molecule has 5 rings (SSSR count). The fourth-order valence-corrected chi connectivity index (χ4v) is 4.51. The highest BCUT2D eigenvalue weighted by molar-refractivity contribution is 5.92. The van der Waals surface area contributed by atoms with E-state index >= 15 is 0 Å². The third-order valence-electron chi connectivity index (χ3n) is 6.28. The summed E-state index contributed by atoms with van der Waals surface area (Å²) in [5, 5.41) is 8.38. The molecule has 32 heavy (non-hydrogen) atoms. The molecule has 1 aromatic heterocycles. The van der Waals surface area contributed by atoms with E-state index < -0.39 is 0 Å². The number of nitrogens with zero attached hydrogens (tertiary/aromatic N) is 4. The highest BCUT2D eigenvalue weighted by Crippen LogP contribution is 2.49. The maximum absolute atomic E-state index is 13.5. The summed E-state index contributed by atoms with van der Waals surface area (Å²) < 4.78 is 17.9. The summed E-state index contributed by atoms with van der Waals surface area (Å²) in [6.07, 6.45) is 4.66. The van der Waals surface area contributed by atoms with Gasteiger partial charge in [-0.1, -0.05) is 11.3 Å². The van der Waals surface area contributed by atoms with Crippen LogP contribution < -0.4 is 14.2 Å². The first-order chi connectivity index (χ1) is 15.6. The van der Waals surface area contributed by atoms with Crippen molar-refractivity contribution in [1.29, 1.82) is 0 Å². The molecule has 2 aliphatic rings. The summed E-state index contributed by atoms with van der Waals surface area (Å²) >= 11 is 0. The van der Waals surface area contributed by atoms with Crippen LogP contribution in [0.25, 0.3) is 5.69 Å². The molecule has 0 spiro atoms. The van der Waals surface area contributed by atoms with Crippen LogP contribution in [0.5, 0.6) is 17.2 Å². The molecule has 1 amide bonds. The van der Waals surface area contributed by atoms with Crippen molar-refractivity contribution in [1.82, 2.24) is 19.9 Å². The Morgan fingerprint density at radius 1 is 1.03 bits per heavy atom. The lowest BCUT2D eigenvalue weighted by Gasteiger charge is -2.37. The Morgan fingerprint density at radius 3 is 2.53 bits per heavy atom. The molecule has 0 radical (unpaired) electrons. The largest absolute Gasteiger partial charge is 0.497 e.